The number of aliphatic hydroxyl groups is 1. The molecule has 2 N–H and O–H groups in total. The lowest BCUT2D eigenvalue weighted by Crippen LogP contribution is -2.38. The summed E-state index contributed by atoms with van der Waals surface area (Å²) >= 11 is 0. The van der Waals surface area contributed by atoms with Gasteiger partial charge in [0.05, 0.1) is 18.8 Å². The largest absolute Gasteiger partial charge is 0.490 e. The summed E-state index contributed by atoms with van der Waals surface area (Å²) in [7, 11) is 1.64. The lowest BCUT2D eigenvalue weighted by molar-refractivity contribution is 0.0247. The molecule has 1 aromatic carbocycles. The predicted octanol–water partition coefficient (Wildman–Crippen LogP) is 1.72. The highest BCUT2D eigenvalue weighted by atomic mass is 16.5. The van der Waals surface area contributed by atoms with Crippen LogP contribution in [0.5, 0.6) is 11.5 Å². The van der Waals surface area contributed by atoms with E-state index in [0.717, 1.165) is 23.5 Å². The maximum atomic E-state index is 10.2. The predicted molar refractivity (Wildman–Crippen MR) is 80.9 cm³/mol. The number of ether oxygens (including phenoxy) is 3. The second-order valence-electron chi connectivity index (χ2n) is 5.67. The molecule has 0 saturated carbocycles. The smallest absolute Gasteiger partial charge is 0.161 e. The molecule has 0 aromatic heterocycles. The van der Waals surface area contributed by atoms with Crippen LogP contribution in [-0.2, 0) is 11.3 Å². The van der Waals surface area contributed by atoms with E-state index >= 15 is 0 Å². The Morgan fingerprint density at radius 2 is 2.05 bits per heavy atom. The van der Waals surface area contributed by atoms with Gasteiger partial charge in [0, 0.05) is 39.6 Å². The quantitative estimate of drug-likeness (QED) is 0.802. The van der Waals surface area contributed by atoms with E-state index < -0.39 is 5.60 Å². The second-order valence-corrected chi connectivity index (χ2v) is 5.67. The molecule has 1 unspecified atom stereocenters. The summed E-state index contributed by atoms with van der Waals surface area (Å²) in [4.78, 5) is 0. The molecule has 0 spiro atoms. The Morgan fingerprint density at radius 1 is 1.29 bits per heavy atom. The Bertz CT molecular complexity index is 448. The van der Waals surface area contributed by atoms with E-state index in [0.29, 0.717) is 39.3 Å². The Morgan fingerprint density at radius 3 is 2.81 bits per heavy atom. The van der Waals surface area contributed by atoms with E-state index in [1.165, 1.54) is 0 Å². The van der Waals surface area contributed by atoms with Gasteiger partial charge in [-0.2, -0.15) is 0 Å². The van der Waals surface area contributed by atoms with E-state index in [9.17, 15) is 5.11 Å². The van der Waals surface area contributed by atoms with Gasteiger partial charge >= 0.3 is 0 Å². The molecule has 1 aromatic rings. The van der Waals surface area contributed by atoms with Crippen LogP contribution in [0.25, 0.3) is 0 Å². The molecule has 5 heteroatoms. The van der Waals surface area contributed by atoms with Gasteiger partial charge in [-0.1, -0.05) is 6.07 Å². The van der Waals surface area contributed by atoms with Crippen molar-refractivity contribution in [3.05, 3.63) is 23.8 Å². The number of benzene rings is 1. The van der Waals surface area contributed by atoms with Crippen LogP contribution in [0.2, 0.25) is 0 Å². The molecule has 118 valence electrons. The molecule has 0 aliphatic carbocycles. The van der Waals surface area contributed by atoms with Crippen molar-refractivity contribution in [3.8, 4) is 11.5 Å². The molecule has 0 bridgehead atoms. The maximum Gasteiger partial charge on any atom is 0.161 e. The highest BCUT2D eigenvalue weighted by Crippen LogP contribution is 2.30. The SMILES string of the molecule is COCCC(C)(O)CNCc1ccc2c(c1)OCCCO2. The van der Waals surface area contributed by atoms with E-state index in [1.54, 1.807) is 7.11 Å². The number of rotatable bonds is 7. The molecule has 1 aliphatic heterocycles. The summed E-state index contributed by atoms with van der Waals surface area (Å²) in [5.41, 5.74) is 0.350. The number of nitrogens with one attached hydrogen (secondary N) is 1. The zero-order chi connectivity index (χ0) is 15.1. The lowest BCUT2D eigenvalue weighted by Gasteiger charge is -2.23. The van der Waals surface area contributed by atoms with Gasteiger partial charge in [0.2, 0.25) is 0 Å². The molecule has 1 aliphatic rings. The third-order valence-corrected chi connectivity index (χ3v) is 3.49. The third kappa shape index (κ3) is 5.19. The summed E-state index contributed by atoms with van der Waals surface area (Å²) in [5, 5.41) is 13.4. The number of fused-ring (bicyclic) bond motifs is 1. The molecule has 1 atom stereocenters. The summed E-state index contributed by atoms with van der Waals surface area (Å²) in [6.45, 7) is 4.96. The molecule has 0 saturated heterocycles. The minimum atomic E-state index is -0.763. The Balaban J connectivity index is 1.85. The average molecular weight is 295 g/mol. The first-order valence-corrected chi connectivity index (χ1v) is 7.41. The highest BCUT2D eigenvalue weighted by molar-refractivity contribution is 5.43. The van der Waals surface area contributed by atoms with Crippen molar-refractivity contribution in [2.75, 3.05) is 33.5 Å². The van der Waals surface area contributed by atoms with E-state index in [2.05, 4.69) is 5.32 Å². The van der Waals surface area contributed by atoms with Gasteiger partial charge < -0.3 is 24.6 Å². The van der Waals surface area contributed by atoms with Gasteiger partial charge in [-0.3, -0.25) is 0 Å². The van der Waals surface area contributed by atoms with Gasteiger partial charge in [-0.05, 0) is 24.6 Å². The molecule has 0 fully saturated rings. The first-order chi connectivity index (χ1) is 10.1. The third-order valence-electron chi connectivity index (χ3n) is 3.49. The van der Waals surface area contributed by atoms with Crippen LogP contribution in [0.4, 0.5) is 0 Å². The molecule has 0 radical (unpaired) electrons. The molecule has 21 heavy (non-hydrogen) atoms. The van der Waals surface area contributed by atoms with E-state index in [1.807, 2.05) is 25.1 Å². The summed E-state index contributed by atoms with van der Waals surface area (Å²) < 4.78 is 16.3. The highest BCUT2D eigenvalue weighted by Gasteiger charge is 2.19. The normalized spacial score (nSPS) is 17.1. The maximum absolute atomic E-state index is 10.2. The second kappa shape index (κ2) is 7.64. The van der Waals surface area contributed by atoms with Crippen LogP contribution < -0.4 is 14.8 Å². The van der Waals surface area contributed by atoms with E-state index in [4.69, 9.17) is 14.2 Å². The average Bonchev–Trinajstić information content (AvgIpc) is 2.70. The van der Waals surface area contributed by atoms with Crippen molar-refractivity contribution >= 4 is 0 Å². The van der Waals surface area contributed by atoms with Crippen molar-refractivity contribution in [3.63, 3.8) is 0 Å². The van der Waals surface area contributed by atoms with Crippen LogP contribution in [0, 0.1) is 0 Å². The van der Waals surface area contributed by atoms with Gasteiger partial charge in [0.15, 0.2) is 11.5 Å². The van der Waals surface area contributed by atoms with Crippen LogP contribution in [0.3, 0.4) is 0 Å². The monoisotopic (exact) mass is 295 g/mol. The van der Waals surface area contributed by atoms with Gasteiger partial charge in [-0.25, -0.2) is 0 Å². The van der Waals surface area contributed by atoms with Gasteiger partial charge in [0.1, 0.15) is 0 Å². The Kier molecular flexibility index (Phi) is 5.85. The van der Waals surface area contributed by atoms with E-state index in [-0.39, 0.29) is 0 Å². The fourth-order valence-corrected chi connectivity index (χ4v) is 2.20. The summed E-state index contributed by atoms with van der Waals surface area (Å²) in [5.74, 6) is 1.61. The van der Waals surface area contributed by atoms with Gasteiger partial charge in [0.25, 0.3) is 0 Å². The van der Waals surface area contributed by atoms with Crippen LogP contribution in [-0.4, -0.2) is 44.2 Å². The summed E-state index contributed by atoms with van der Waals surface area (Å²) in [6.07, 6.45) is 1.52. The standard InChI is InChI=1S/C16H25NO4/c1-16(18,6-9-19-2)12-17-11-13-4-5-14-15(10-13)21-8-3-7-20-14/h4-5,10,17-18H,3,6-9,11-12H2,1-2H3. The fourth-order valence-electron chi connectivity index (χ4n) is 2.20. The number of hydrogen-bond donors (Lipinski definition) is 2. The summed E-state index contributed by atoms with van der Waals surface area (Å²) in [6, 6.07) is 5.96. The lowest BCUT2D eigenvalue weighted by atomic mass is 10.0. The molecular formula is C16H25NO4. The van der Waals surface area contributed by atoms with Crippen molar-refractivity contribution < 1.29 is 19.3 Å². The minimum absolute atomic E-state index is 0.519. The molecule has 1 heterocycles. The van der Waals surface area contributed by atoms with Crippen molar-refractivity contribution in [1.82, 2.24) is 5.32 Å². The van der Waals surface area contributed by atoms with Gasteiger partial charge in [-0.15, -0.1) is 0 Å². The van der Waals surface area contributed by atoms with Crippen molar-refractivity contribution in [2.45, 2.75) is 31.9 Å². The molecule has 5 nitrogen and oxygen atoms in total. The molecular weight excluding hydrogens is 270 g/mol. The number of hydrogen-bond acceptors (Lipinski definition) is 5. The van der Waals surface area contributed by atoms with Crippen molar-refractivity contribution in [2.24, 2.45) is 0 Å². The fraction of sp³-hybridized carbons (Fsp3) is 0.625. The Hall–Kier alpha value is -1.30. The van der Waals surface area contributed by atoms with Crippen molar-refractivity contribution in [1.29, 1.82) is 0 Å². The molecule has 0 amide bonds. The zero-order valence-electron chi connectivity index (χ0n) is 12.9. The topological polar surface area (TPSA) is 60.0 Å². The number of methoxy groups -OCH3 is 1. The Labute approximate surface area is 126 Å². The zero-order valence-corrected chi connectivity index (χ0v) is 12.9. The molecule has 2 rings (SSSR count). The van der Waals surface area contributed by atoms with Crippen LogP contribution >= 0.6 is 0 Å². The van der Waals surface area contributed by atoms with Crippen LogP contribution in [0.1, 0.15) is 25.3 Å². The first kappa shape index (κ1) is 16.1. The first-order valence-electron chi connectivity index (χ1n) is 7.41. The van der Waals surface area contributed by atoms with Crippen LogP contribution in [0.15, 0.2) is 18.2 Å². The minimum Gasteiger partial charge on any atom is -0.490 e.